The highest BCUT2D eigenvalue weighted by molar-refractivity contribution is 7.72. The van der Waals surface area contributed by atoms with Gasteiger partial charge >= 0.3 is 27.1 Å². The molecule has 1 saturated heterocycles. The molecule has 170 valence electrons. The third kappa shape index (κ3) is 5.90. The van der Waals surface area contributed by atoms with Crippen LogP contribution in [0.15, 0.2) is 0 Å². The van der Waals surface area contributed by atoms with Crippen LogP contribution in [0, 0.1) is 5.41 Å². The minimum Gasteiger partial charge on any atom is -0.422 e. The van der Waals surface area contributed by atoms with Gasteiger partial charge in [-0.3, -0.25) is 18.7 Å². The first kappa shape index (κ1) is 26.3. The second-order valence-electron chi connectivity index (χ2n) is 6.95. The van der Waals surface area contributed by atoms with Gasteiger partial charge in [-0.2, -0.15) is 0 Å². The summed E-state index contributed by atoms with van der Waals surface area (Å²) < 4.78 is 59.0. The second kappa shape index (κ2) is 10.0. The van der Waals surface area contributed by atoms with Crippen molar-refractivity contribution in [2.45, 2.75) is 66.1 Å². The number of carbonyl (C=O) groups excluding carboxylic acids is 2. The summed E-state index contributed by atoms with van der Waals surface area (Å²) in [5.41, 5.74) is -1.91. The second-order valence-corrected chi connectivity index (χ2v) is 11.8. The SMILES string of the molecule is CCOP(=O)(OCC)C(CC1(C)C(=O)OC(C)(C)OC1=O)P(=O)(OCC)OCC. The Bertz CT molecular complexity index is 620. The van der Waals surface area contributed by atoms with E-state index in [-0.39, 0.29) is 26.4 Å². The molecule has 0 saturated carbocycles. The average Bonchev–Trinajstić information content (AvgIpc) is 2.58. The minimum atomic E-state index is -4.13. The van der Waals surface area contributed by atoms with Gasteiger partial charge < -0.3 is 27.6 Å². The normalized spacial score (nSPS) is 19.2. The lowest BCUT2D eigenvalue weighted by molar-refractivity contribution is -0.249. The van der Waals surface area contributed by atoms with Crippen molar-refractivity contribution < 1.29 is 46.3 Å². The predicted molar refractivity (Wildman–Crippen MR) is 104 cm³/mol. The van der Waals surface area contributed by atoms with Crippen LogP contribution in [-0.4, -0.2) is 49.6 Å². The smallest absolute Gasteiger partial charge is 0.345 e. The molecule has 29 heavy (non-hydrogen) atoms. The fraction of sp³-hybridized carbons (Fsp3) is 0.882. The molecule has 1 rings (SSSR count). The molecule has 1 aliphatic rings. The zero-order valence-corrected chi connectivity index (χ0v) is 19.9. The van der Waals surface area contributed by atoms with Crippen molar-refractivity contribution in [2.75, 3.05) is 26.4 Å². The summed E-state index contributed by atoms with van der Waals surface area (Å²) in [4.78, 5) is 25.4. The van der Waals surface area contributed by atoms with Crippen LogP contribution in [0.2, 0.25) is 0 Å². The maximum absolute atomic E-state index is 13.6. The molecule has 0 aromatic carbocycles. The first-order valence-electron chi connectivity index (χ1n) is 9.58. The summed E-state index contributed by atoms with van der Waals surface area (Å²) in [5.74, 6) is -3.25. The van der Waals surface area contributed by atoms with E-state index in [1.54, 1.807) is 27.7 Å². The van der Waals surface area contributed by atoms with Crippen molar-refractivity contribution in [1.82, 2.24) is 0 Å². The fourth-order valence-corrected chi connectivity index (χ4v) is 8.48. The zero-order chi connectivity index (χ0) is 22.5. The van der Waals surface area contributed by atoms with E-state index in [2.05, 4.69) is 0 Å². The summed E-state index contributed by atoms with van der Waals surface area (Å²) in [7, 11) is -8.27. The van der Waals surface area contributed by atoms with Gasteiger partial charge in [-0.25, -0.2) is 0 Å². The van der Waals surface area contributed by atoms with E-state index in [0.717, 1.165) is 0 Å². The Labute approximate surface area is 172 Å². The van der Waals surface area contributed by atoms with Crippen LogP contribution in [-0.2, 0) is 46.3 Å². The van der Waals surface area contributed by atoms with Gasteiger partial charge in [-0.1, -0.05) is 0 Å². The molecule has 0 aromatic rings. The summed E-state index contributed by atoms with van der Waals surface area (Å²) >= 11 is 0. The molecule has 0 bridgehead atoms. The average molecular weight is 458 g/mol. The van der Waals surface area contributed by atoms with Gasteiger partial charge in [-0.15, -0.1) is 0 Å². The lowest BCUT2D eigenvalue weighted by Crippen LogP contribution is -2.53. The Morgan fingerprint density at radius 2 is 1.07 bits per heavy atom. The van der Waals surface area contributed by atoms with E-state index in [4.69, 9.17) is 27.6 Å². The highest BCUT2D eigenvalue weighted by Crippen LogP contribution is 2.72. The molecule has 0 atom stereocenters. The molecule has 12 heteroatoms. The molecule has 0 N–H and O–H groups in total. The van der Waals surface area contributed by atoms with E-state index in [1.807, 2.05) is 0 Å². The monoisotopic (exact) mass is 458 g/mol. The van der Waals surface area contributed by atoms with Gasteiger partial charge in [0.15, 0.2) is 10.8 Å². The summed E-state index contributed by atoms with van der Waals surface area (Å²) in [6.45, 7) is 10.3. The molecule has 10 nitrogen and oxygen atoms in total. The van der Waals surface area contributed by atoms with Gasteiger partial charge in [0.05, 0.1) is 26.4 Å². The quantitative estimate of drug-likeness (QED) is 0.240. The van der Waals surface area contributed by atoms with E-state index in [1.165, 1.54) is 20.8 Å². The Hall–Kier alpha value is -0.760. The number of cyclic esters (lactones) is 2. The van der Waals surface area contributed by atoms with Crippen LogP contribution in [0.1, 0.15) is 54.9 Å². The lowest BCUT2D eigenvalue weighted by Gasteiger charge is -2.41. The molecule has 0 amide bonds. The van der Waals surface area contributed by atoms with Gasteiger partial charge in [0, 0.05) is 13.8 Å². The Kier molecular flexibility index (Phi) is 9.09. The molecular weight excluding hydrogens is 426 g/mol. The number of ether oxygens (including phenoxy) is 2. The van der Waals surface area contributed by atoms with Crippen LogP contribution in [0.4, 0.5) is 0 Å². The summed E-state index contributed by atoms with van der Waals surface area (Å²) in [6.07, 6.45) is -0.532. The topological polar surface area (TPSA) is 124 Å². The van der Waals surface area contributed by atoms with Gasteiger partial charge in [-0.05, 0) is 41.0 Å². The predicted octanol–water partition coefficient (Wildman–Crippen LogP) is 4.08. The zero-order valence-electron chi connectivity index (χ0n) is 18.1. The Morgan fingerprint density at radius 1 is 0.759 bits per heavy atom. The molecule has 0 aromatic heterocycles. The maximum Gasteiger partial charge on any atom is 0.345 e. The minimum absolute atomic E-state index is 0.0231. The van der Waals surface area contributed by atoms with E-state index < -0.39 is 50.2 Å². The van der Waals surface area contributed by atoms with Crippen molar-refractivity contribution in [3.8, 4) is 0 Å². The molecule has 1 aliphatic heterocycles. The van der Waals surface area contributed by atoms with Crippen molar-refractivity contribution in [1.29, 1.82) is 0 Å². The molecule has 0 spiro atoms. The van der Waals surface area contributed by atoms with E-state index >= 15 is 0 Å². The van der Waals surface area contributed by atoms with Crippen LogP contribution >= 0.6 is 15.2 Å². The first-order chi connectivity index (χ1) is 13.3. The molecule has 1 fully saturated rings. The van der Waals surface area contributed by atoms with Gasteiger partial charge in [0.2, 0.25) is 0 Å². The molecule has 0 aliphatic carbocycles. The number of hydrogen-bond acceptors (Lipinski definition) is 10. The molecule has 0 unspecified atom stereocenters. The number of rotatable bonds is 12. The van der Waals surface area contributed by atoms with Crippen molar-refractivity contribution in [3.63, 3.8) is 0 Å². The number of carbonyl (C=O) groups is 2. The van der Waals surface area contributed by atoms with Gasteiger partial charge in [0.25, 0.3) is 5.79 Å². The van der Waals surface area contributed by atoms with Crippen molar-refractivity contribution in [3.05, 3.63) is 0 Å². The highest BCUT2D eigenvalue weighted by Gasteiger charge is 2.61. The Morgan fingerprint density at radius 3 is 1.34 bits per heavy atom. The Balaban J connectivity index is 3.52. The molecule has 0 radical (unpaired) electrons. The lowest BCUT2D eigenvalue weighted by atomic mass is 9.86. The maximum atomic E-state index is 13.6. The fourth-order valence-electron chi connectivity index (χ4n) is 2.84. The van der Waals surface area contributed by atoms with E-state index in [0.29, 0.717) is 0 Å². The van der Waals surface area contributed by atoms with Crippen LogP contribution < -0.4 is 0 Å². The van der Waals surface area contributed by atoms with Gasteiger partial charge in [0.1, 0.15) is 0 Å². The summed E-state index contributed by atoms with van der Waals surface area (Å²) in [6, 6.07) is 0. The highest BCUT2D eigenvalue weighted by atomic mass is 31.2. The van der Waals surface area contributed by atoms with Crippen molar-refractivity contribution >= 4 is 27.1 Å². The molecule has 1 heterocycles. The largest absolute Gasteiger partial charge is 0.422 e. The van der Waals surface area contributed by atoms with Crippen molar-refractivity contribution in [2.24, 2.45) is 5.41 Å². The number of esters is 2. The third-order valence-electron chi connectivity index (χ3n) is 4.14. The first-order valence-corrected chi connectivity index (χ1v) is 12.8. The molecular formula is C17H32O10P2. The standard InChI is InChI=1S/C17H32O10P2/c1-8-22-28(20,23-9-2)13(29(21,24-10-3)25-11-4)12-17(7)14(18)26-16(5,6)27-15(17)19/h13H,8-12H2,1-7H3. The van der Waals surface area contributed by atoms with Crippen LogP contribution in [0.5, 0.6) is 0 Å². The summed E-state index contributed by atoms with van der Waals surface area (Å²) in [5, 5.41) is -1.54. The van der Waals surface area contributed by atoms with Crippen LogP contribution in [0.3, 0.4) is 0 Å². The third-order valence-corrected chi connectivity index (χ3v) is 10.1. The van der Waals surface area contributed by atoms with E-state index in [9.17, 15) is 18.7 Å². The van der Waals surface area contributed by atoms with Crippen LogP contribution in [0.25, 0.3) is 0 Å². The number of hydrogen-bond donors (Lipinski definition) is 0.